The molecule has 18 heavy (non-hydrogen) atoms. The van der Waals surface area contributed by atoms with Crippen LogP contribution in [0.15, 0.2) is 18.2 Å². The van der Waals surface area contributed by atoms with Crippen molar-refractivity contribution in [3.05, 3.63) is 35.1 Å². The van der Waals surface area contributed by atoms with Crippen molar-refractivity contribution in [1.29, 1.82) is 5.26 Å². The standard InChI is InChI=1S/C14H19FN2O/c1-3-14(4-2,10-18)17-9-12-5-11(8-16)6-13(15)7-12/h5-7,17-18H,3-4,9-10H2,1-2H3. The molecule has 98 valence electrons. The monoisotopic (exact) mass is 250 g/mol. The van der Waals surface area contributed by atoms with Gasteiger partial charge in [-0.15, -0.1) is 0 Å². The lowest BCUT2D eigenvalue weighted by atomic mass is 9.93. The van der Waals surface area contributed by atoms with E-state index in [4.69, 9.17) is 5.26 Å². The maximum Gasteiger partial charge on any atom is 0.124 e. The van der Waals surface area contributed by atoms with Crippen LogP contribution in [0.5, 0.6) is 0 Å². The highest BCUT2D eigenvalue weighted by atomic mass is 19.1. The Kier molecular flexibility index (Phi) is 5.26. The highest BCUT2D eigenvalue weighted by molar-refractivity contribution is 5.33. The topological polar surface area (TPSA) is 56.0 Å². The molecule has 0 aromatic heterocycles. The van der Waals surface area contributed by atoms with Gasteiger partial charge in [0.1, 0.15) is 5.82 Å². The van der Waals surface area contributed by atoms with Gasteiger partial charge in [-0.25, -0.2) is 4.39 Å². The molecule has 0 saturated heterocycles. The Morgan fingerprint density at radius 1 is 1.33 bits per heavy atom. The predicted molar refractivity (Wildman–Crippen MR) is 68.4 cm³/mol. The molecule has 1 rings (SSSR count). The second kappa shape index (κ2) is 6.48. The largest absolute Gasteiger partial charge is 0.394 e. The molecule has 0 aliphatic heterocycles. The Labute approximate surface area is 107 Å². The fourth-order valence-corrected chi connectivity index (χ4v) is 1.89. The number of aliphatic hydroxyl groups excluding tert-OH is 1. The third-order valence-corrected chi connectivity index (χ3v) is 3.41. The molecule has 0 spiro atoms. The lowest BCUT2D eigenvalue weighted by Gasteiger charge is -2.31. The molecule has 1 aromatic carbocycles. The zero-order valence-electron chi connectivity index (χ0n) is 10.8. The highest BCUT2D eigenvalue weighted by Gasteiger charge is 2.24. The molecular weight excluding hydrogens is 231 g/mol. The minimum absolute atomic E-state index is 0.0421. The van der Waals surface area contributed by atoms with Gasteiger partial charge in [-0.2, -0.15) is 5.26 Å². The number of hydrogen-bond donors (Lipinski definition) is 2. The Morgan fingerprint density at radius 2 is 2.00 bits per heavy atom. The summed E-state index contributed by atoms with van der Waals surface area (Å²) in [6.45, 7) is 4.48. The third-order valence-electron chi connectivity index (χ3n) is 3.41. The van der Waals surface area contributed by atoms with Crippen molar-refractivity contribution in [1.82, 2.24) is 5.32 Å². The van der Waals surface area contributed by atoms with E-state index in [1.165, 1.54) is 12.1 Å². The van der Waals surface area contributed by atoms with E-state index in [0.717, 1.165) is 12.8 Å². The van der Waals surface area contributed by atoms with Crippen molar-refractivity contribution >= 4 is 0 Å². The summed E-state index contributed by atoms with van der Waals surface area (Å²) in [4.78, 5) is 0. The summed E-state index contributed by atoms with van der Waals surface area (Å²) in [7, 11) is 0. The molecule has 2 N–H and O–H groups in total. The van der Waals surface area contributed by atoms with Gasteiger partial charge < -0.3 is 10.4 Å². The number of benzene rings is 1. The molecule has 4 heteroatoms. The van der Waals surface area contributed by atoms with Gasteiger partial charge in [0.05, 0.1) is 18.2 Å². The Bertz CT molecular complexity index is 428. The maximum atomic E-state index is 13.3. The van der Waals surface area contributed by atoms with Crippen LogP contribution in [0.25, 0.3) is 0 Å². The van der Waals surface area contributed by atoms with E-state index in [-0.39, 0.29) is 12.1 Å². The summed E-state index contributed by atoms with van der Waals surface area (Å²) >= 11 is 0. The van der Waals surface area contributed by atoms with Gasteiger partial charge in [-0.05, 0) is 36.6 Å². The minimum atomic E-state index is -0.409. The molecule has 3 nitrogen and oxygen atoms in total. The van der Waals surface area contributed by atoms with E-state index in [9.17, 15) is 9.50 Å². The van der Waals surface area contributed by atoms with Gasteiger partial charge in [0.2, 0.25) is 0 Å². The van der Waals surface area contributed by atoms with Gasteiger partial charge in [0.25, 0.3) is 0 Å². The Balaban J connectivity index is 2.80. The first-order valence-corrected chi connectivity index (χ1v) is 6.14. The molecule has 0 saturated carbocycles. The SMILES string of the molecule is CCC(CC)(CO)NCc1cc(F)cc(C#N)c1. The van der Waals surface area contributed by atoms with Crippen LogP contribution in [0.3, 0.4) is 0 Å². The molecule has 0 atom stereocenters. The van der Waals surface area contributed by atoms with Crippen molar-refractivity contribution in [3.8, 4) is 6.07 Å². The number of rotatable bonds is 6. The number of nitriles is 1. The summed E-state index contributed by atoms with van der Waals surface area (Å²) in [5, 5.41) is 21.4. The number of halogens is 1. The van der Waals surface area contributed by atoms with Gasteiger partial charge >= 0.3 is 0 Å². The molecular formula is C14H19FN2O. The van der Waals surface area contributed by atoms with Crippen molar-refractivity contribution in [2.75, 3.05) is 6.61 Å². The van der Waals surface area contributed by atoms with E-state index in [2.05, 4.69) is 5.32 Å². The molecule has 0 aliphatic carbocycles. The van der Waals surface area contributed by atoms with E-state index in [1.54, 1.807) is 6.07 Å². The third kappa shape index (κ3) is 3.52. The summed E-state index contributed by atoms with van der Waals surface area (Å²) in [6, 6.07) is 6.20. The van der Waals surface area contributed by atoms with E-state index in [0.29, 0.717) is 17.7 Å². The maximum absolute atomic E-state index is 13.3. The van der Waals surface area contributed by atoms with Crippen molar-refractivity contribution in [2.24, 2.45) is 0 Å². The van der Waals surface area contributed by atoms with Crippen LogP contribution in [-0.2, 0) is 6.54 Å². The summed E-state index contributed by atoms with van der Waals surface area (Å²) in [6.07, 6.45) is 1.58. The summed E-state index contributed by atoms with van der Waals surface area (Å²) in [5.41, 5.74) is 0.694. The molecule has 0 amide bonds. The molecule has 0 aliphatic rings. The first kappa shape index (κ1) is 14.6. The van der Waals surface area contributed by atoms with Crippen LogP contribution in [-0.4, -0.2) is 17.3 Å². The first-order valence-electron chi connectivity index (χ1n) is 6.14. The zero-order chi connectivity index (χ0) is 13.6. The van der Waals surface area contributed by atoms with Crippen LogP contribution in [0.1, 0.15) is 37.8 Å². The Hall–Kier alpha value is -1.44. The Morgan fingerprint density at radius 3 is 2.50 bits per heavy atom. The number of hydrogen-bond acceptors (Lipinski definition) is 3. The molecule has 0 bridgehead atoms. The highest BCUT2D eigenvalue weighted by Crippen LogP contribution is 2.16. The van der Waals surface area contributed by atoms with E-state index >= 15 is 0 Å². The first-order chi connectivity index (χ1) is 8.59. The molecule has 0 fully saturated rings. The fraction of sp³-hybridized carbons (Fsp3) is 0.500. The molecule has 1 aromatic rings. The van der Waals surface area contributed by atoms with E-state index in [1.807, 2.05) is 19.9 Å². The number of nitrogens with one attached hydrogen (secondary N) is 1. The second-order valence-corrected chi connectivity index (χ2v) is 4.46. The number of aliphatic hydroxyl groups is 1. The fourth-order valence-electron chi connectivity index (χ4n) is 1.89. The predicted octanol–water partition coefficient (Wildman–Crippen LogP) is 2.34. The molecule has 0 radical (unpaired) electrons. The lowest BCUT2D eigenvalue weighted by Crippen LogP contribution is -2.47. The quantitative estimate of drug-likeness (QED) is 0.814. The van der Waals surface area contributed by atoms with Crippen molar-refractivity contribution in [3.63, 3.8) is 0 Å². The van der Waals surface area contributed by atoms with Gasteiger partial charge in [0, 0.05) is 12.1 Å². The minimum Gasteiger partial charge on any atom is -0.394 e. The van der Waals surface area contributed by atoms with Crippen LogP contribution < -0.4 is 5.32 Å². The average molecular weight is 250 g/mol. The molecule has 0 heterocycles. The van der Waals surface area contributed by atoms with Crippen molar-refractivity contribution < 1.29 is 9.50 Å². The van der Waals surface area contributed by atoms with Gasteiger partial charge in [-0.3, -0.25) is 0 Å². The van der Waals surface area contributed by atoms with Gasteiger partial charge in [-0.1, -0.05) is 13.8 Å². The van der Waals surface area contributed by atoms with Gasteiger partial charge in [0.15, 0.2) is 0 Å². The summed E-state index contributed by atoms with van der Waals surface area (Å²) in [5.74, 6) is -0.409. The summed E-state index contributed by atoms with van der Waals surface area (Å²) < 4.78 is 13.3. The molecule has 0 unspecified atom stereocenters. The zero-order valence-corrected chi connectivity index (χ0v) is 10.8. The van der Waals surface area contributed by atoms with E-state index < -0.39 is 5.82 Å². The van der Waals surface area contributed by atoms with Crippen LogP contribution in [0.4, 0.5) is 4.39 Å². The lowest BCUT2D eigenvalue weighted by molar-refractivity contribution is 0.149. The smallest absolute Gasteiger partial charge is 0.124 e. The van der Waals surface area contributed by atoms with Crippen LogP contribution >= 0.6 is 0 Å². The second-order valence-electron chi connectivity index (χ2n) is 4.46. The van der Waals surface area contributed by atoms with Crippen molar-refractivity contribution in [2.45, 2.75) is 38.8 Å². The average Bonchev–Trinajstić information content (AvgIpc) is 2.40. The van der Waals surface area contributed by atoms with Crippen LogP contribution in [0, 0.1) is 17.1 Å². The van der Waals surface area contributed by atoms with Crippen LogP contribution in [0.2, 0.25) is 0 Å². The normalized spacial score (nSPS) is 11.3. The number of nitrogens with zero attached hydrogens (tertiary/aromatic N) is 1.